The Morgan fingerprint density at radius 1 is 1.20 bits per heavy atom. The maximum Gasteiger partial charge on any atom is 0.276 e. The molecule has 20 heavy (non-hydrogen) atoms. The maximum atomic E-state index is 12.0. The van der Waals surface area contributed by atoms with Crippen molar-refractivity contribution in [2.45, 2.75) is 6.92 Å². The van der Waals surface area contributed by atoms with E-state index in [0.29, 0.717) is 21.6 Å². The van der Waals surface area contributed by atoms with Crippen LogP contribution in [0.4, 0.5) is 11.5 Å². The number of nitrogens with zero attached hydrogens (tertiary/aromatic N) is 2. The van der Waals surface area contributed by atoms with Crippen LogP contribution in [0.25, 0.3) is 0 Å². The van der Waals surface area contributed by atoms with Crippen LogP contribution in [-0.2, 0) is 0 Å². The summed E-state index contributed by atoms with van der Waals surface area (Å²) < 4.78 is 0. The predicted octanol–water partition coefficient (Wildman–Crippen LogP) is 3.47. The fraction of sp³-hybridized carbons (Fsp3) is 0.154. The molecular weight excluding hydrogens is 299 g/mol. The first kappa shape index (κ1) is 14.6. The van der Waals surface area contributed by atoms with E-state index in [1.807, 2.05) is 6.92 Å². The molecule has 2 aromatic rings. The van der Waals surface area contributed by atoms with Gasteiger partial charge in [0.15, 0.2) is 5.69 Å². The van der Waals surface area contributed by atoms with E-state index in [9.17, 15) is 4.79 Å². The molecule has 7 heteroatoms. The van der Waals surface area contributed by atoms with Crippen molar-refractivity contribution in [2.24, 2.45) is 0 Å². The molecule has 0 bridgehead atoms. The topological polar surface area (TPSA) is 66.9 Å². The quantitative estimate of drug-likeness (QED) is 0.907. The lowest BCUT2D eigenvalue weighted by Crippen LogP contribution is -2.15. The van der Waals surface area contributed by atoms with E-state index in [1.54, 1.807) is 30.3 Å². The zero-order valence-electron chi connectivity index (χ0n) is 10.7. The van der Waals surface area contributed by atoms with E-state index in [-0.39, 0.29) is 11.6 Å². The lowest BCUT2D eigenvalue weighted by atomic mass is 10.3. The molecule has 0 saturated carbocycles. The van der Waals surface area contributed by atoms with Crippen molar-refractivity contribution in [3.05, 3.63) is 46.1 Å². The van der Waals surface area contributed by atoms with Crippen LogP contribution in [0.3, 0.4) is 0 Å². The summed E-state index contributed by atoms with van der Waals surface area (Å²) in [7, 11) is 0. The second kappa shape index (κ2) is 6.54. The van der Waals surface area contributed by atoms with E-state index in [1.165, 1.54) is 0 Å². The number of rotatable bonds is 4. The summed E-state index contributed by atoms with van der Waals surface area (Å²) >= 11 is 11.8. The third-order valence-electron chi connectivity index (χ3n) is 2.43. The summed E-state index contributed by atoms with van der Waals surface area (Å²) in [6.07, 6.45) is 0. The predicted molar refractivity (Wildman–Crippen MR) is 80.6 cm³/mol. The number of hydrogen-bond acceptors (Lipinski definition) is 4. The molecule has 0 unspecified atom stereocenters. The van der Waals surface area contributed by atoms with Crippen molar-refractivity contribution in [2.75, 3.05) is 17.2 Å². The van der Waals surface area contributed by atoms with Gasteiger partial charge in [-0.2, -0.15) is 0 Å². The standard InChI is InChI=1S/C13H12Cl2N4O/c1-2-16-12-6-5-11(18-19-12)13(20)17-10-4-3-8(14)7-9(10)15/h3-7H,2H2,1H3,(H,16,19)(H,17,20). The van der Waals surface area contributed by atoms with E-state index >= 15 is 0 Å². The highest BCUT2D eigenvalue weighted by atomic mass is 35.5. The van der Waals surface area contributed by atoms with Gasteiger partial charge in [0.25, 0.3) is 5.91 Å². The number of aromatic nitrogens is 2. The molecule has 0 aliphatic heterocycles. The Hall–Kier alpha value is -1.85. The summed E-state index contributed by atoms with van der Waals surface area (Å²) in [5.74, 6) is 0.235. The maximum absolute atomic E-state index is 12.0. The molecule has 0 fully saturated rings. The normalized spacial score (nSPS) is 10.2. The summed E-state index contributed by atoms with van der Waals surface area (Å²) in [5.41, 5.74) is 0.677. The molecular formula is C13H12Cl2N4O. The zero-order chi connectivity index (χ0) is 14.5. The van der Waals surface area contributed by atoms with Gasteiger partial charge in [0.2, 0.25) is 0 Å². The number of benzene rings is 1. The second-order valence-electron chi connectivity index (χ2n) is 3.91. The highest BCUT2D eigenvalue weighted by molar-refractivity contribution is 6.36. The van der Waals surface area contributed by atoms with E-state index in [2.05, 4.69) is 20.8 Å². The van der Waals surface area contributed by atoms with Gasteiger partial charge in [0.1, 0.15) is 5.82 Å². The monoisotopic (exact) mass is 310 g/mol. The molecule has 1 heterocycles. The Labute approximate surface area is 126 Å². The molecule has 2 rings (SSSR count). The Bertz CT molecular complexity index is 616. The van der Waals surface area contributed by atoms with Crippen LogP contribution in [0, 0.1) is 0 Å². The van der Waals surface area contributed by atoms with Gasteiger partial charge in [0, 0.05) is 11.6 Å². The minimum atomic E-state index is -0.384. The lowest BCUT2D eigenvalue weighted by molar-refractivity contribution is 0.102. The van der Waals surface area contributed by atoms with Crippen LogP contribution in [0.15, 0.2) is 30.3 Å². The second-order valence-corrected chi connectivity index (χ2v) is 4.76. The molecule has 0 radical (unpaired) electrons. The zero-order valence-corrected chi connectivity index (χ0v) is 12.2. The third-order valence-corrected chi connectivity index (χ3v) is 2.98. The van der Waals surface area contributed by atoms with Crippen molar-refractivity contribution < 1.29 is 4.79 Å². The fourth-order valence-electron chi connectivity index (χ4n) is 1.51. The minimum Gasteiger partial charge on any atom is -0.369 e. The van der Waals surface area contributed by atoms with Gasteiger partial charge in [-0.1, -0.05) is 23.2 Å². The largest absolute Gasteiger partial charge is 0.369 e. The first-order valence-electron chi connectivity index (χ1n) is 5.94. The highest BCUT2D eigenvalue weighted by Crippen LogP contribution is 2.25. The van der Waals surface area contributed by atoms with E-state index < -0.39 is 0 Å². The van der Waals surface area contributed by atoms with Crippen LogP contribution in [-0.4, -0.2) is 22.6 Å². The van der Waals surface area contributed by atoms with Crippen LogP contribution >= 0.6 is 23.2 Å². The average molecular weight is 311 g/mol. The molecule has 1 aromatic heterocycles. The van der Waals surface area contributed by atoms with Gasteiger partial charge in [-0.15, -0.1) is 10.2 Å². The highest BCUT2D eigenvalue weighted by Gasteiger charge is 2.10. The van der Waals surface area contributed by atoms with Crippen LogP contribution in [0.2, 0.25) is 10.0 Å². The van der Waals surface area contributed by atoms with E-state index in [4.69, 9.17) is 23.2 Å². The number of amides is 1. The number of anilines is 2. The van der Waals surface area contributed by atoms with E-state index in [0.717, 1.165) is 6.54 Å². The van der Waals surface area contributed by atoms with Crippen molar-refractivity contribution in [1.82, 2.24) is 10.2 Å². The van der Waals surface area contributed by atoms with Gasteiger partial charge in [-0.25, -0.2) is 0 Å². The van der Waals surface area contributed by atoms with Crippen molar-refractivity contribution in [3.8, 4) is 0 Å². The molecule has 1 amide bonds. The summed E-state index contributed by atoms with van der Waals surface area (Å²) in [6, 6.07) is 8.10. The van der Waals surface area contributed by atoms with Crippen molar-refractivity contribution >= 4 is 40.6 Å². The average Bonchev–Trinajstić information content (AvgIpc) is 2.43. The van der Waals surface area contributed by atoms with Crippen LogP contribution < -0.4 is 10.6 Å². The molecule has 0 saturated heterocycles. The Kier molecular flexibility index (Phi) is 4.76. The number of halogens is 2. The first-order chi connectivity index (χ1) is 9.60. The summed E-state index contributed by atoms with van der Waals surface area (Å²) in [6.45, 7) is 2.69. The lowest BCUT2D eigenvalue weighted by Gasteiger charge is -2.07. The number of carbonyl (C=O) groups is 1. The fourth-order valence-corrected chi connectivity index (χ4v) is 1.96. The van der Waals surface area contributed by atoms with Gasteiger partial charge in [0.05, 0.1) is 10.7 Å². The molecule has 1 aromatic carbocycles. The summed E-state index contributed by atoms with van der Waals surface area (Å²) in [5, 5.41) is 14.3. The molecule has 5 nitrogen and oxygen atoms in total. The first-order valence-corrected chi connectivity index (χ1v) is 6.69. The molecule has 0 atom stereocenters. The molecule has 0 spiro atoms. The number of carbonyl (C=O) groups excluding carboxylic acids is 1. The van der Waals surface area contributed by atoms with Crippen LogP contribution in [0.1, 0.15) is 17.4 Å². The smallest absolute Gasteiger partial charge is 0.276 e. The van der Waals surface area contributed by atoms with Gasteiger partial charge in [-0.3, -0.25) is 4.79 Å². The van der Waals surface area contributed by atoms with Gasteiger partial charge >= 0.3 is 0 Å². The molecule has 0 aliphatic carbocycles. The Balaban J connectivity index is 2.11. The molecule has 0 aliphatic rings. The minimum absolute atomic E-state index is 0.206. The number of nitrogens with one attached hydrogen (secondary N) is 2. The molecule has 2 N–H and O–H groups in total. The van der Waals surface area contributed by atoms with Crippen LogP contribution in [0.5, 0.6) is 0 Å². The Morgan fingerprint density at radius 2 is 2.00 bits per heavy atom. The van der Waals surface area contributed by atoms with Crippen molar-refractivity contribution in [3.63, 3.8) is 0 Å². The van der Waals surface area contributed by atoms with Gasteiger partial charge < -0.3 is 10.6 Å². The Morgan fingerprint density at radius 3 is 2.60 bits per heavy atom. The number of hydrogen-bond donors (Lipinski definition) is 2. The van der Waals surface area contributed by atoms with Gasteiger partial charge in [-0.05, 0) is 37.3 Å². The van der Waals surface area contributed by atoms with Crippen molar-refractivity contribution in [1.29, 1.82) is 0 Å². The summed E-state index contributed by atoms with van der Waals surface area (Å²) in [4.78, 5) is 12.0. The SMILES string of the molecule is CCNc1ccc(C(=O)Nc2ccc(Cl)cc2Cl)nn1. The third kappa shape index (κ3) is 3.59. The molecule has 104 valence electrons.